The van der Waals surface area contributed by atoms with Gasteiger partial charge in [0.25, 0.3) is 10.1 Å². The first-order valence-corrected chi connectivity index (χ1v) is 15.0. The Labute approximate surface area is 175 Å². The minimum Gasteiger partial charge on any atom is -0.407 e. The molecule has 1 aromatic carbocycles. The van der Waals surface area contributed by atoms with Gasteiger partial charge in [0.2, 0.25) is 0 Å². The van der Waals surface area contributed by atoms with Crippen LogP contribution in [0.4, 0.5) is 0 Å². The lowest BCUT2D eigenvalue weighted by atomic mass is 9.64. The number of fused-ring (bicyclic) bond motifs is 1. The average Bonchev–Trinajstić information content (AvgIpc) is 2.85. The van der Waals surface area contributed by atoms with E-state index in [9.17, 15) is 13.2 Å². The van der Waals surface area contributed by atoms with Gasteiger partial charge in [-0.25, -0.2) is 0 Å². The molecule has 1 saturated carbocycles. The van der Waals surface area contributed by atoms with Crippen molar-refractivity contribution in [1.82, 2.24) is 0 Å². The zero-order chi connectivity index (χ0) is 21.7. The van der Waals surface area contributed by atoms with Crippen molar-refractivity contribution in [3.63, 3.8) is 0 Å². The topological polar surface area (TPSA) is 69.7 Å². The van der Waals surface area contributed by atoms with Crippen molar-refractivity contribution >= 4 is 24.2 Å². The molecule has 0 heterocycles. The Kier molecular flexibility index (Phi) is 5.75. The maximum atomic E-state index is 13.0. The van der Waals surface area contributed by atoms with Gasteiger partial charge in [-0.15, -0.1) is 0 Å². The van der Waals surface area contributed by atoms with Crippen molar-refractivity contribution in [2.75, 3.05) is 0 Å². The molecule has 2 aliphatic rings. The lowest BCUT2D eigenvalue weighted by Gasteiger charge is -2.51. The van der Waals surface area contributed by atoms with Crippen LogP contribution >= 0.6 is 0 Å². The Balaban J connectivity index is 2.00. The highest BCUT2D eigenvalue weighted by Crippen LogP contribution is 2.59. The predicted octanol–water partition coefficient (Wildman–Crippen LogP) is 4.77. The normalized spacial score (nSPS) is 30.0. The number of hydrogen-bond donors (Lipinski definition) is 0. The van der Waals surface area contributed by atoms with Gasteiger partial charge in [-0.3, -0.25) is 8.98 Å². The van der Waals surface area contributed by atoms with Gasteiger partial charge in [0, 0.05) is 11.0 Å². The zero-order valence-electron chi connectivity index (χ0n) is 18.2. The lowest BCUT2D eigenvalue weighted by Crippen LogP contribution is -2.57. The summed E-state index contributed by atoms with van der Waals surface area (Å²) in [7, 11) is -5.94. The van der Waals surface area contributed by atoms with Crippen molar-refractivity contribution in [1.29, 1.82) is 0 Å². The van der Waals surface area contributed by atoms with Gasteiger partial charge in [-0.2, -0.15) is 8.42 Å². The van der Waals surface area contributed by atoms with Gasteiger partial charge < -0.3 is 4.43 Å². The first kappa shape index (κ1) is 22.4. The minimum absolute atomic E-state index is 0.00350. The van der Waals surface area contributed by atoms with Gasteiger partial charge in [0.1, 0.15) is 0 Å². The summed E-state index contributed by atoms with van der Waals surface area (Å²) in [6, 6.07) is 6.69. The van der Waals surface area contributed by atoms with Crippen LogP contribution in [0, 0.1) is 12.3 Å². The fourth-order valence-corrected chi connectivity index (χ4v) is 7.61. The number of benzene rings is 1. The van der Waals surface area contributed by atoms with E-state index in [1.165, 1.54) is 0 Å². The Morgan fingerprint density at radius 3 is 2.31 bits per heavy atom. The number of carbonyl (C=O) groups is 1. The van der Waals surface area contributed by atoms with Crippen molar-refractivity contribution in [3.05, 3.63) is 41.5 Å². The van der Waals surface area contributed by atoms with Crippen LogP contribution in [0.15, 0.2) is 40.8 Å². The summed E-state index contributed by atoms with van der Waals surface area (Å²) >= 11 is 0. The van der Waals surface area contributed by atoms with Gasteiger partial charge >= 0.3 is 0 Å². The molecule has 0 amide bonds. The highest BCUT2D eigenvalue weighted by atomic mass is 32.2. The first-order valence-electron chi connectivity index (χ1n) is 10.2. The molecule has 1 unspecified atom stereocenters. The van der Waals surface area contributed by atoms with Gasteiger partial charge in [-0.05, 0) is 71.3 Å². The number of ketones is 1. The maximum absolute atomic E-state index is 13.0. The van der Waals surface area contributed by atoms with E-state index in [0.29, 0.717) is 24.8 Å². The van der Waals surface area contributed by atoms with Gasteiger partial charge in [0.15, 0.2) is 14.1 Å². The SMILES string of the molecule is CC(=O)C1=CCC[C@]2(C)C(OS(=O)(=O)c3ccc(C)cc3)CC[C@]12O[Si](C)(C)C. The molecule has 1 fully saturated rings. The lowest BCUT2D eigenvalue weighted by molar-refractivity contribution is -0.119. The summed E-state index contributed by atoms with van der Waals surface area (Å²) in [5.41, 5.74) is 0.311. The average molecular weight is 437 g/mol. The molecular weight excluding hydrogens is 404 g/mol. The highest BCUT2D eigenvalue weighted by molar-refractivity contribution is 7.86. The van der Waals surface area contributed by atoms with Crippen LogP contribution in [-0.2, 0) is 23.5 Å². The summed E-state index contributed by atoms with van der Waals surface area (Å²) in [4.78, 5) is 12.7. The first-order chi connectivity index (χ1) is 13.3. The Hall–Kier alpha value is -1.28. The van der Waals surface area contributed by atoms with Crippen LogP contribution in [0.2, 0.25) is 19.6 Å². The molecular formula is C22H32O5SSi. The zero-order valence-corrected chi connectivity index (χ0v) is 20.1. The van der Waals surface area contributed by atoms with E-state index in [-0.39, 0.29) is 10.7 Å². The number of aryl methyl sites for hydroxylation is 1. The third kappa shape index (κ3) is 4.02. The molecule has 0 N–H and O–H groups in total. The highest BCUT2D eigenvalue weighted by Gasteiger charge is 2.64. The van der Waals surface area contributed by atoms with Crippen LogP contribution < -0.4 is 0 Å². The molecule has 0 aliphatic heterocycles. The second-order valence-electron chi connectivity index (χ2n) is 9.56. The summed E-state index contributed by atoms with van der Waals surface area (Å²) in [6.07, 6.45) is 4.02. The van der Waals surface area contributed by atoms with E-state index in [0.717, 1.165) is 12.0 Å². The van der Waals surface area contributed by atoms with Crippen LogP contribution in [0.25, 0.3) is 0 Å². The number of Topliss-reactive ketones (excluding diaryl/α,β-unsaturated/α-hetero) is 1. The van der Waals surface area contributed by atoms with E-state index >= 15 is 0 Å². The summed E-state index contributed by atoms with van der Waals surface area (Å²) in [6.45, 7) is 11.8. The Morgan fingerprint density at radius 1 is 1.14 bits per heavy atom. The molecule has 7 heteroatoms. The Morgan fingerprint density at radius 2 is 1.76 bits per heavy atom. The summed E-state index contributed by atoms with van der Waals surface area (Å²) in [5, 5.41) is 0. The molecule has 3 atom stereocenters. The number of hydrogen-bond acceptors (Lipinski definition) is 5. The number of rotatable bonds is 6. The van der Waals surface area contributed by atoms with E-state index in [1.807, 2.05) is 19.9 Å². The van der Waals surface area contributed by atoms with Crippen molar-refractivity contribution in [2.24, 2.45) is 5.41 Å². The monoisotopic (exact) mass is 436 g/mol. The quantitative estimate of drug-likeness (QED) is 0.475. The molecule has 5 nitrogen and oxygen atoms in total. The summed E-state index contributed by atoms with van der Waals surface area (Å²) in [5.74, 6) is -0.00350. The second-order valence-corrected chi connectivity index (χ2v) is 15.6. The molecule has 3 rings (SSSR count). The fourth-order valence-electron chi connectivity index (χ4n) is 4.93. The third-order valence-corrected chi connectivity index (χ3v) is 8.55. The Bertz CT molecular complexity index is 929. The molecule has 0 saturated heterocycles. The van der Waals surface area contributed by atoms with Crippen molar-refractivity contribution in [2.45, 2.75) is 82.7 Å². The van der Waals surface area contributed by atoms with E-state index in [2.05, 4.69) is 19.6 Å². The van der Waals surface area contributed by atoms with Crippen LogP contribution in [0.1, 0.15) is 45.1 Å². The molecule has 0 aromatic heterocycles. The molecule has 1 aromatic rings. The molecule has 160 valence electrons. The third-order valence-electron chi connectivity index (χ3n) is 6.25. The van der Waals surface area contributed by atoms with Crippen LogP contribution in [0.3, 0.4) is 0 Å². The second kappa shape index (κ2) is 7.44. The van der Waals surface area contributed by atoms with Crippen LogP contribution in [0.5, 0.6) is 0 Å². The number of carbonyl (C=O) groups excluding carboxylic acids is 1. The van der Waals surface area contributed by atoms with E-state index in [4.69, 9.17) is 8.61 Å². The van der Waals surface area contributed by atoms with Gasteiger partial charge in [0.05, 0.1) is 16.6 Å². The largest absolute Gasteiger partial charge is 0.407 e. The molecule has 2 aliphatic carbocycles. The van der Waals surface area contributed by atoms with E-state index in [1.54, 1.807) is 31.2 Å². The fraction of sp³-hybridized carbons (Fsp3) is 0.591. The van der Waals surface area contributed by atoms with Gasteiger partial charge in [-0.1, -0.05) is 30.7 Å². The molecule has 0 bridgehead atoms. The minimum atomic E-state index is -3.91. The molecule has 29 heavy (non-hydrogen) atoms. The molecule has 0 radical (unpaired) electrons. The van der Waals surface area contributed by atoms with Crippen LogP contribution in [-0.4, -0.2) is 34.2 Å². The standard InChI is InChI=1S/C22H32O5SSi/c1-16-9-11-18(12-10-16)28(24,25)26-20-13-15-22(27-29(4,5)6)19(17(2)23)8-7-14-21(20,22)3/h8-12,20H,7,13-15H2,1-6H3/t20?,21-,22+/m1/s1. The molecule has 0 spiro atoms. The van der Waals surface area contributed by atoms with Crippen molar-refractivity contribution < 1.29 is 21.8 Å². The predicted molar refractivity (Wildman–Crippen MR) is 116 cm³/mol. The van der Waals surface area contributed by atoms with Crippen molar-refractivity contribution in [3.8, 4) is 0 Å². The maximum Gasteiger partial charge on any atom is 0.297 e. The summed E-state index contributed by atoms with van der Waals surface area (Å²) < 4.78 is 38.5. The smallest absolute Gasteiger partial charge is 0.297 e. The number of allylic oxidation sites excluding steroid dienone is 1. The van der Waals surface area contributed by atoms with E-state index < -0.39 is 35.6 Å².